The summed E-state index contributed by atoms with van der Waals surface area (Å²) in [6.07, 6.45) is -3.21. The summed E-state index contributed by atoms with van der Waals surface area (Å²) in [5.41, 5.74) is 6.08. The van der Waals surface area contributed by atoms with Crippen LogP contribution in [0.25, 0.3) is 10.9 Å². The maximum atomic E-state index is 12.6. The molecule has 0 radical (unpaired) electrons. The fourth-order valence-electron chi connectivity index (χ4n) is 3.03. The number of benzene rings is 1. The molecule has 0 spiro atoms. The molecule has 0 aliphatic carbocycles. The molecule has 1 atom stereocenters. The van der Waals surface area contributed by atoms with Gasteiger partial charge in [-0.15, -0.1) is 0 Å². The van der Waals surface area contributed by atoms with Gasteiger partial charge in [-0.3, -0.25) is 0 Å². The first-order chi connectivity index (χ1) is 13.6. The number of rotatable bonds is 2. The van der Waals surface area contributed by atoms with Crippen LogP contribution in [0.4, 0.5) is 23.2 Å². The van der Waals surface area contributed by atoms with Gasteiger partial charge in [0.2, 0.25) is 0 Å². The summed E-state index contributed by atoms with van der Waals surface area (Å²) in [6.45, 7) is 4.44. The van der Waals surface area contributed by atoms with Crippen molar-refractivity contribution in [3.05, 3.63) is 30.0 Å². The highest BCUT2D eigenvalue weighted by Gasteiger charge is 2.31. The molecule has 1 saturated heterocycles. The number of carbonyl (C=O) groups excluding carboxylic acids is 1. The maximum absolute atomic E-state index is 12.6. The average molecular weight is 436 g/mol. The van der Waals surface area contributed by atoms with Gasteiger partial charge >= 0.3 is 12.1 Å². The predicted molar refractivity (Wildman–Crippen MR) is 113 cm³/mol. The van der Waals surface area contributed by atoms with Crippen molar-refractivity contribution in [1.82, 2.24) is 9.47 Å². The number of fused-ring (bicyclic) bond motifs is 1. The topological polar surface area (TPSA) is 60.5 Å². The molecule has 2 heterocycles. The number of halogens is 4. The average Bonchev–Trinajstić information content (AvgIpc) is 3.01. The van der Waals surface area contributed by atoms with E-state index in [0.29, 0.717) is 17.6 Å². The van der Waals surface area contributed by atoms with Crippen LogP contribution in [0.5, 0.6) is 0 Å². The number of anilines is 1. The Morgan fingerprint density at radius 2 is 1.93 bits per heavy atom. The molecule has 172 valence electrons. The highest BCUT2D eigenvalue weighted by molar-refractivity contribution is 6.00. The molecule has 1 aromatic heterocycles. The molecule has 0 amide bonds. The van der Waals surface area contributed by atoms with Crippen LogP contribution in [-0.2, 0) is 11.3 Å². The lowest BCUT2D eigenvalue weighted by molar-refractivity contribution is -0.140. The first-order valence-corrected chi connectivity index (χ1v) is 9.47. The summed E-state index contributed by atoms with van der Waals surface area (Å²) < 4.78 is 55.5. The summed E-state index contributed by atoms with van der Waals surface area (Å²) in [5, 5.41) is 0.396. The second kappa shape index (κ2) is 12.4. The Hall–Kier alpha value is -2.29. The van der Waals surface area contributed by atoms with Crippen molar-refractivity contribution >= 4 is 22.6 Å². The Balaban J connectivity index is 0.000000643. The van der Waals surface area contributed by atoms with E-state index >= 15 is 0 Å². The molecule has 30 heavy (non-hydrogen) atoms. The van der Waals surface area contributed by atoms with Crippen LogP contribution in [0, 0.1) is 0 Å². The number of hydrogen-bond acceptors (Lipinski definition) is 4. The predicted octanol–water partition coefficient (Wildman–Crippen LogP) is 5.28. The van der Waals surface area contributed by atoms with Gasteiger partial charge in [-0.2, -0.15) is 13.2 Å². The van der Waals surface area contributed by atoms with E-state index in [1.807, 2.05) is 25.8 Å². The third kappa shape index (κ3) is 7.85. The van der Waals surface area contributed by atoms with Gasteiger partial charge in [-0.25, -0.2) is 9.18 Å². The number of likely N-dealkylation sites (tertiary alicyclic amines) is 1. The molecule has 2 aromatic rings. The smallest absolute Gasteiger partial charge is 0.406 e. The molecular weight excluding hydrogens is 402 g/mol. The normalized spacial score (nSPS) is 16.5. The molecule has 1 aromatic carbocycles. The molecule has 1 aliphatic rings. The van der Waals surface area contributed by atoms with Gasteiger partial charge in [-0.1, -0.05) is 27.3 Å². The molecule has 9 heteroatoms. The van der Waals surface area contributed by atoms with Crippen molar-refractivity contribution in [2.24, 2.45) is 0 Å². The minimum absolute atomic E-state index is 0. The Bertz CT molecular complexity index is 782. The summed E-state index contributed by atoms with van der Waals surface area (Å²) in [4.78, 5) is 13.6. The standard InChI is InChI=1S/C12H11F3N2O2.C6H12FN.C2H6.CH4/c1-19-11(18)10-5-7-8(16)3-2-4-9(7)17(10)6-12(13,14)15;1-8-4-2-3-6(7)5-8;1-2;/h2-5H,6,16H2,1H3;6H,2-5H2,1H3;1-2H3;1H4. The van der Waals surface area contributed by atoms with E-state index in [9.17, 15) is 22.4 Å². The number of aromatic nitrogens is 1. The van der Waals surface area contributed by atoms with Crippen molar-refractivity contribution < 1.29 is 27.1 Å². The van der Waals surface area contributed by atoms with E-state index in [1.165, 1.54) is 18.2 Å². The van der Waals surface area contributed by atoms with Crippen LogP contribution in [0.3, 0.4) is 0 Å². The van der Waals surface area contributed by atoms with Crippen molar-refractivity contribution in [3.8, 4) is 0 Å². The SMILES string of the molecule is C.CC.CN1CCCC(F)C1.COC(=O)c1cc2c(N)cccc2n1CC(F)(F)F. The van der Waals surface area contributed by atoms with Gasteiger partial charge in [0.05, 0.1) is 12.6 Å². The van der Waals surface area contributed by atoms with Crippen molar-refractivity contribution in [2.75, 3.05) is 33.0 Å². The summed E-state index contributed by atoms with van der Waals surface area (Å²) in [7, 11) is 3.08. The molecule has 5 nitrogen and oxygen atoms in total. The molecule has 1 aliphatic heterocycles. The second-order valence-corrected chi connectivity index (χ2v) is 6.50. The van der Waals surface area contributed by atoms with Gasteiger partial charge in [0.15, 0.2) is 0 Å². The molecular formula is C21H33F4N3O2. The van der Waals surface area contributed by atoms with E-state index < -0.39 is 24.9 Å². The van der Waals surface area contributed by atoms with Crippen molar-refractivity contribution in [1.29, 1.82) is 0 Å². The molecule has 2 N–H and O–H groups in total. The van der Waals surface area contributed by atoms with Crippen LogP contribution in [0.1, 0.15) is 44.6 Å². The zero-order valence-electron chi connectivity index (χ0n) is 17.2. The summed E-state index contributed by atoms with van der Waals surface area (Å²) in [6, 6.07) is 5.87. The lowest BCUT2D eigenvalue weighted by Crippen LogP contribution is -2.32. The third-order valence-corrected chi connectivity index (χ3v) is 4.28. The Labute approximate surface area is 175 Å². The fourth-order valence-corrected chi connectivity index (χ4v) is 3.03. The monoisotopic (exact) mass is 435 g/mol. The van der Waals surface area contributed by atoms with Crippen molar-refractivity contribution in [3.63, 3.8) is 0 Å². The molecule has 0 saturated carbocycles. The van der Waals surface area contributed by atoms with Crippen LogP contribution < -0.4 is 5.73 Å². The zero-order valence-corrected chi connectivity index (χ0v) is 17.2. The van der Waals surface area contributed by atoms with Gasteiger partial charge in [0.1, 0.15) is 18.4 Å². The minimum Gasteiger partial charge on any atom is -0.464 e. The van der Waals surface area contributed by atoms with Gasteiger partial charge in [0, 0.05) is 17.6 Å². The molecule has 0 bridgehead atoms. The highest BCUT2D eigenvalue weighted by atomic mass is 19.4. The fraction of sp³-hybridized carbons (Fsp3) is 0.571. The van der Waals surface area contributed by atoms with Gasteiger partial charge < -0.3 is 19.9 Å². The maximum Gasteiger partial charge on any atom is 0.406 e. The van der Waals surface area contributed by atoms with Crippen LogP contribution in [-0.4, -0.2) is 55.0 Å². The van der Waals surface area contributed by atoms with Crippen LogP contribution >= 0.6 is 0 Å². The number of ether oxygens (including phenoxy) is 1. The summed E-state index contributed by atoms with van der Waals surface area (Å²) in [5.74, 6) is -0.833. The highest BCUT2D eigenvalue weighted by Crippen LogP contribution is 2.29. The number of esters is 1. The number of nitrogens with zero attached hydrogens (tertiary/aromatic N) is 2. The van der Waals surface area contributed by atoms with Crippen LogP contribution in [0.2, 0.25) is 0 Å². The van der Waals surface area contributed by atoms with Crippen LogP contribution in [0.15, 0.2) is 24.3 Å². The van der Waals surface area contributed by atoms with Crippen molar-refractivity contribution in [2.45, 2.75) is 53.0 Å². The number of nitrogen functional groups attached to an aromatic ring is 1. The minimum atomic E-state index is -4.45. The van der Waals surface area contributed by atoms with E-state index in [2.05, 4.69) is 4.74 Å². The quantitative estimate of drug-likeness (QED) is 0.396. The molecule has 1 unspecified atom stereocenters. The number of nitrogens with two attached hydrogens (primary N) is 1. The molecule has 1 fully saturated rings. The first-order valence-electron chi connectivity index (χ1n) is 9.47. The lowest BCUT2D eigenvalue weighted by Gasteiger charge is -2.24. The third-order valence-electron chi connectivity index (χ3n) is 4.28. The van der Waals surface area contributed by atoms with E-state index in [1.54, 1.807) is 6.07 Å². The number of carbonyl (C=O) groups is 1. The number of alkyl halides is 4. The second-order valence-electron chi connectivity index (χ2n) is 6.50. The number of piperidine rings is 1. The number of methoxy groups -OCH3 is 1. The first kappa shape index (κ1) is 27.7. The van der Waals surface area contributed by atoms with Gasteiger partial charge in [-0.05, 0) is 44.6 Å². The van der Waals surface area contributed by atoms with E-state index in [-0.39, 0.29) is 18.6 Å². The van der Waals surface area contributed by atoms with Gasteiger partial charge in [0.25, 0.3) is 0 Å². The lowest BCUT2D eigenvalue weighted by atomic mass is 10.1. The molecule has 3 rings (SSSR count). The summed E-state index contributed by atoms with van der Waals surface area (Å²) >= 11 is 0. The van der Waals surface area contributed by atoms with E-state index in [4.69, 9.17) is 5.73 Å². The number of hydrogen-bond donors (Lipinski definition) is 1. The Morgan fingerprint density at radius 1 is 1.30 bits per heavy atom. The largest absolute Gasteiger partial charge is 0.464 e. The Kier molecular flexibility index (Phi) is 11.5. The van der Waals surface area contributed by atoms with E-state index in [0.717, 1.165) is 31.1 Å². The zero-order chi connectivity index (χ0) is 22.2. The Morgan fingerprint density at radius 3 is 2.40 bits per heavy atom.